The van der Waals surface area contributed by atoms with E-state index in [1.54, 1.807) is 20.8 Å². The predicted octanol–water partition coefficient (Wildman–Crippen LogP) is 5.82. The highest BCUT2D eigenvalue weighted by molar-refractivity contribution is 7.99. The van der Waals surface area contributed by atoms with Crippen LogP contribution in [0.1, 0.15) is 40.0 Å². The Bertz CT molecular complexity index is 493. The normalized spacial score (nSPS) is 15.5. The number of carbonyl (C=O) groups excluding carboxylic acids is 1. The number of alkyl halides is 10. The largest absolute Gasteiger partial charge is 0.431 e. The van der Waals surface area contributed by atoms with Crippen LogP contribution in [0.4, 0.5) is 43.9 Å². The summed E-state index contributed by atoms with van der Waals surface area (Å²) in [5, 5.41) is 2.58. The Morgan fingerprint density at radius 3 is 1.68 bits per heavy atom. The summed E-state index contributed by atoms with van der Waals surface area (Å²) in [4.78, 5) is 11.5. The molecule has 28 heavy (non-hydrogen) atoms. The number of hydrogen-bond donors (Lipinski definition) is 1. The molecule has 0 saturated carbocycles. The van der Waals surface area contributed by atoms with E-state index in [0.717, 1.165) is 11.8 Å². The summed E-state index contributed by atoms with van der Waals surface area (Å²) < 4.78 is 127. The highest BCUT2D eigenvalue weighted by Gasteiger charge is 2.73. The second kappa shape index (κ2) is 9.29. The fourth-order valence-electron chi connectivity index (χ4n) is 2.09. The Hall–Kier alpha value is -0.880. The van der Waals surface area contributed by atoms with Gasteiger partial charge in [0.1, 0.15) is 0 Å². The van der Waals surface area contributed by atoms with Crippen molar-refractivity contribution in [2.24, 2.45) is 5.92 Å². The van der Waals surface area contributed by atoms with Crippen molar-refractivity contribution in [1.82, 2.24) is 5.32 Å². The lowest BCUT2D eigenvalue weighted by Gasteiger charge is -2.33. The summed E-state index contributed by atoms with van der Waals surface area (Å²) >= 11 is 0.747. The molecule has 0 aromatic rings. The molecule has 0 heterocycles. The molecule has 1 amide bonds. The molecule has 0 spiro atoms. The van der Waals surface area contributed by atoms with Gasteiger partial charge in [-0.1, -0.05) is 0 Å². The predicted molar refractivity (Wildman–Crippen MR) is 84.6 cm³/mol. The summed E-state index contributed by atoms with van der Waals surface area (Å²) in [6.45, 7) is 5.07. The summed E-state index contributed by atoms with van der Waals surface area (Å²) in [6.07, 6.45) is -22.6. The Balaban J connectivity index is 4.90. The first-order valence-electron chi connectivity index (χ1n) is 7.98. The third-order valence-corrected chi connectivity index (χ3v) is 4.50. The van der Waals surface area contributed by atoms with Crippen molar-refractivity contribution < 1.29 is 48.7 Å². The van der Waals surface area contributed by atoms with E-state index in [0.29, 0.717) is 0 Å². The molecule has 1 N–H and O–H groups in total. The lowest BCUT2D eigenvalue weighted by molar-refractivity contribution is -0.352. The number of rotatable bonds is 8. The molecule has 0 rings (SSSR count). The van der Waals surface area contributed by atoms with Crippen molar-refractivity contribution in [3.63, 3.8) is 0 Å². The zero-order chi connectivity index (χ0) is 22.6. The molecule has 2 nitrogen and oxygen atoms in total. The van der Waals surface area contributed by atoms with E-state index in [9.17, 15) is 48.7 Å². The van der Waals surface area contributed by atoms with Crippen LogP contribution in [0.25, 0.3) is 0 Å². The number of amides is 1. The summed E-state index contributed by atoms with van der Waals surface area (Å²) in [7, 11) is 0. The molecule has 1 unspecified atom stereocenters. The van der Waals surface area contributed by atoms with E-state index >= 15 is 0 Å². The second-order valence-corrected chi connectivity index (χ2v) is 8.41. The van der Waals surface area contributed by atoms with Gasteiger partial charge in [0, 0.05) is 24.1 Å². The van der Waals surface area contributed by atoms with Gasteiger partial charge >= 0.3 is 18.5 Å². The van der Waals surface area contributed by atoms with Gasteiger partial charge in [-0.2, -0.15) is 51.3 Å². The zero-order valence-corrected chi connectivity index (χ0v) is 16.0. The van der Waals surface area contributed by atoms with Gasteiger partial charge in [0.15, 0.2) is 0 Å². The first kappa shape index (κ1) is 27.1. The molecule has 13 heteroatoms. The number of thioether (sulfide) groups is 1. The van der Waals surface area contributed by atoms with Crippen LogP contribution >= 0.6 is 11.8 Å². The number of carbonyl (C=O) groups is 1. The van der Waals surface area contributed by atoms with Gasteiger partial charge in [-0.3, -0.25) is 4.79 Å². The Labute approximate surface area is 159 Å². The van der Waals surface area contributed by atoms with E-state index in [1.807, 2.05) is 0 Å². The Morgan fingerprint density at radius 1 is 0.857 bits per heavy atom. The number of hydrogen-bond acceptors (Lipinski definition) is 2. The summed E-state index contributed by atoms with van der Waals surface area (Å²) in [5.74, 6) is -4.04. The van der Waals surface area contributed by atoms with E-state index in [-0.39, 0.29) is 12.2 Å². The molecule has 1 atom stereocenters. The molecule has 0 bridgehead atoms. The SMILES string of the molecule is CC(C)(C)NC(=O)CCSCCC(CC(F)(C(F)(F)F)C(F)(F)F)C(F)(F)F. The number of halogens is 10. The zero-order valence-electron chi connectivity index (χ0n) is 15.2. The van der Waals surface area contributed by atoms with Crippen LogP contribution in [0.2, 0.25) is 0 Å². The standard InChI is InChI=1S/C15H21F10NOS/c1-11(2,3)26-10(27)5-7-28-6-4-9(13(17,18)19)8-12(16,14(20,21)22)15(23,24)25/h9H,4-8H2,1-3H3,(H,26,27). The van der Waals surface area contributed by atoms with Crippen molar-refractivity contribution in [1.29, 1.82) is 0 Å². The van der Waals surface area contributed by atoms with Crippen LogP contribution < -0.4 is 5.32 Å². The minimum atomic E-state index is -6.53. The van der Waals surface area contributed by atoms with Crippen LogP contribution in [0.5, 0.6) is 0 Å². The lowest BCUT2D eigenvalue weighted by atomic mass is 9.88. The fraction of sp³-hybridized carbons (Fsp3) is 0.933. The summed E-state index contributed by atoms with van der Waals surface area (Å²) in [5.41, 5.74) is -6.50. The smallest absolute Gasteiger partial charge is 0.351 e. The quantitative estimate of drug-likeness (QED) is 0.371. The third kappa shape index (κ3) is 8.64. The minimum absolute atomic E-state index is 0.00575. The van der Waals surface area contributed by atoms with E-state index in [2.05, 4.69) is 5.32 Å². The van der Waals surface area contributed by atoms with Gasteiger partial charge in [-0.25, -0.2) is 4.39 Å². The topological polar surface area (TPSA) is 29.1 Å². The number of nitrogens with one attached hydrogen (secondary N) is 1. The van der Waals surface area contributed by atoms with Crippen molar-refractivity contribution in [2.45, 2.75) is 69.8 Å². The molecule has 168 valence electrons. The van der Waals surface area contributed by atoms with Crippen LogP contribution in [-0.4, -0.2) is 47.1 Å². The maximum Gasteiger partial charge on any atom is 0.431 e. The highest BCUT2D eigenvalue weighted by Crippen LogP contribution is 2.52. The van der Waals surface area contributed by atoms with E-state index in [4.69, 9.17) is 0 Å². The maximum absolute atomic E-state index is 13.6. The molecule has 0 aliphatic heterocycles. The van der Waals surface area contributed by atoms with Crippen molar-refractivity contribution >= 4 is 17.7 Å². The monoisotopic (exact) mass is 453 g/mol. The molecule has 0 aromatic carbocycles. The molecule has 0 saturated heterocycles. The summed E-state index contributed by atoms with van der Waals surface area (Å²) in [6, 6.07) is 0. The van der Waals surface area contributed by atoms with Gasteiger partial charge in [-0.05, 0) is 32.9 Å². The first-order valence-corrected chi connectivity index (χ1v) is 9.14. The molecular formula is C15H21F10NOS. The van der Waals surface area contributed by atoms with Crippen LogP contribution in [0.3, 0.4) is 0 Å². The second-order valence-electron chi connectivity index (χ2n) is 7.19. The third-order valence-electron chi connectivity index (χ3n) is 3.49. The molecule has 0 aliphatic rings. The van der Waals surface area contributed by atoms with Crippen molar-refractivity contribution in [2.75, 3.05) is 11.5 Å². The average Bonchev–Trinajstić information content (AvgIpc) is 2.39. The molecule has 0 aromatic heterocycles. The van der Waals surface area contributed by atoms with Gasteiger partial charge in [0.2, 0.25) is 5.91 Å². The van der Waals surface area contributed by atoms with Crippen molar-refractivity contribution in [3.8, 4) is 0 Å². The molecule has 0 aliphatic carbocycles. The van der Waals surface area contributed by atoms with E-state index < -0.39 is 60.2 Å². The van der Waals surface area contributed by atoms with Crippen LogP contribution in [0, 0.1) is 5.92 Å². The Kier molecular flexibility index (Phi) is 9.00. The molecule has 0 radical (unpaired) electrons. The average molecular weight is 453 g/mol. The molecular weight excluding hydrogens is 432 g/mol. The maximum atomic E-state index is 13.6. The van der Waals surface area contributed by atoms with Crippen LogP contribution in [-0.2, 0) is 4.79 Å². The minimum Gasteiger partial charge on any atom is -0.351 e. The highest BCUT2D eigenvalue weighted by atomic mass is 32.2. The van der Waals surface area contributed by atoms with Gasteiger partial charge in [-0.15, -0.1) is 0 Å². The fourth-order valence-corrected chi connectivity index (χ4v) is 3.07. The molecule has 0 fully saturated rings. The lowest BCUT2D eigenvalue weighted by Crippen LogP contribution is -2.55. The van der Waals surface area contributed by atoms with Gasteiger partial charge in [0.25, 0.3) is 5.67 Å². The Morgan fingerprint density at radius 2 is 1.32 bits per heavy atom. The van der Waals surface area contributed by atoms with Crippen molar-refractivity contribution in [3.05, 3.63) is 0 Å². The van der Waals surface area contributed by atoms with Gasteiger partial charge < -0.3 is 5.32 Å². The van der Waals surface area contributed by atoms with Gasteiger partial charge in [0.05, 0.1) is 5.92 Å². The van der Waals surface area contributed by atoms with Crippen LogP contribution in [0.15, 0.2) is 0 Å². The first-order chi connectivity index (χ1) is 12.2. The van der Waals surface area contributed by atoms with E-state index in [1.165, 1.54) is 0 Å².